The second-order valence-electron chi connectivity index (χ2n) is 5.52. The van der Waals surface area contributed by atoms with Gasteiger partial charge < -0.3 is 16.2 Å². The Bertz CT molecular complexity index is 297. The molecule has 0 heterocycles. The van der Waals surface area contributed by atoms with E-state index in [2.05, 4.69) is 5.32 Å². The summed E-state index contributed by atoms with van der Waals surface area (Å²) >= 11 is 0. The van der Waals surface area contributed by atoms with Gasteiger partial charge in [-0.1, -0.05) is 13.8 Å². The molecule has 1 unspecified atom stereocenters. The summed E-state index contributed by atoms with van der Waals surface area (Å²) in [7, 11) is 0. The molecule has 5 heteroatoms. The maximum atomic E-state index is 12.0. The summed E-state index contributed by atoms with van der Waals surface area (Å²) in [5, 5.41) is 11.7. The van der Waals surface area contributed by atoms with Gasteiger partial charge in [0.05, 0.1) is 0 Å². The van der Waals surface area contributed by atoms with Crippen LogP contribution in [-0.2, 0) is 9.59 Å². The van der Waals surface area contributed by atoms with Crippen LogP contribution >= 0.6 is 0 Å². The van der Waals surface area contributed by atoms with Crippen molar-refractivity contribution in [2.45, 2.75) is 45.6 Å². The maximum Gasteiger partial charge on any atom is 0.326 e. The molecule has 0 aromatic rings. The second kappa shape index (κ2) is 6.73. The summed E-state index contributed by atoms with van der Waals surface area (Å²) in [5.41, 5.74) is 5.61. The van der Waals surface area contributed by atoms with Gasteiger partial charge in [0.2, 0.25) is 5.91 Å². The molecule has 0 aromatic heterocycles. The van der Waals surface area contributed by atoms with Gasteiger partial charge in [0, 0.05) is 5.92 Å². The molecule has 104 valence electrons. The fraction of sp³-hybridized carbons (Fsp3) is 0.846. The van der Waals surface area contributed by atoms with Gasteiger partial charge in [-0.25, -0.2) is 4.79 Å². The van der Waals surface area contributed by atoms with Gasteiger partial charge in [-0.3, -0.25) is 4.79 Å². The molecule has 1 atom stereocenters. The highest BCUT2D eigenvalue weighted by Crippen LogP contribution is 2.28. The van der Waals surface area contributed by atoms with Gasteiger partial charge in [-0.05, 0) is 44.1 Å². The highest BCUT2D eigenvalue weighted by molar-refractivity contribution is 5.85. The second-order valence-corrected chi connectivity index (χ2v) is 5.52. The van der Waals surface area contributed by atoms with E-state index in [4.69, 9.17) is 10.8 Å². The number of carboxylic acids is 1. The first kappa shape index (κ1) is 15.0. The number of rotatable bonds is 5. The van der Waals surface area contributed by atoms with E-state index in [1.165, 1.54) is 0 Å². The minimum atomic E-state index is -0.964. The predicted octanol–water partition coefficient (Wildman–Crippen LogP) is 0.977. The number of amides is 1. The molecular weight excluding hydrogens is 232 g/mol. The van der Waals surface area contributed by atoms with E-state index in [0.717, 1.165) is 25.7 Å². The van der Waals surface area contributed by atoms with Crippen molar-refractivity contribution in [3.8, 4) is 0 Å². The van der Waals surface area contributed by atoms with Crippen molar-refractivity contribution < 1.29 is 14.7 Å². The Morgan fingerprint density at radius 3 is 2.22 bits per heavy atom. The van der Waals surface area contributed by atoms with E-state index in [1.807, 2.05) is 0 Å². The third-order valence-corrected chi connectivity index (χ3v) is 3.78. The van der Waals surface area contributed by atoms with Crippen LogP contribution in [0.15, 0.2) is 0 Å². The minimum Gasteiger partial charge on any atom is -0.480 e. The fourth-order valence-electron chi connectivity index (χ4n) is 2.45. The Morgan fingerprint density at radius 1 is 1.28 bits per heavy atom. The van der Waals surface area contributed by atoms with Crippen LogP contribution in [0.25, 0.3) is 0 Å². The monoisotopic (exact) mass is 256 g/mol. The zero-order valence-electron chi connectivity index (χ0n) is 11.2. The van der Waals surface area contributed by atoms with Crippen molar-refractivity contribution in [3.05, 3.63) is 0 Å². The molecule has 0 aromatic carbocycles. The SMILES string of the molecule is CC(C)C(NC(=O)C1CCC(CN)CC1)C(=O)O. The summed E-state index contributed by atoms with van der Waals surface area (Å²) in [6, 6.07) is -0.787. The molecule has 18 heavy (non-hydrogen) atoms. The Kier molecular flexibility index (Phi) is 5.59. The first-order valence-corrected chi connectivity index (χ1v) is 6.69. The number of aliphatic carboxylic acids is 1. The summed E-state index contributed by atoms with van der Waals surface area (Å²) in [6.07, 6.45) is 3.57. The number of carboxylic acid groups (broad SMARTS) is 1. The zero-order chi connectivity index (χ0) is 13.7. The van der Waals surface area contributed by atoms with Crippen molar-refractivity contribution in [1.82, 2.24) is 5.32 Å². The molecule has 4 N–H and O–H groups in total. The number of carbonyl (C=O) groups excluding carboxylic acids is 1. The predicted molar refractivity (Wildman–Crippen MR) is 68.9 cm³/mol. The molecule has 1 aliphatic rings. The van der Waals surface area contributed by atoms with Crippen LogP contribution in [0.3, 0.4) is 0 Å². The van der Waals surface area contributed by atoms with Crippen LogP contribution in [0.5, 0.6) is 0 Å². The third kappa shape index (κ3) is 3.98. The normalized spacial score (nSPS) is 25.8. The van der Waals surface area contributed by atoms with Crippen LogP contribution < -0.4 is 11.1 Å². The minimum absolute atomic E-state index is 0.0478. The Labute approximate surface area is 108 Å². The maximum absolute atomic E-state index is 12.0. The highest BCUT2D eigenvalue weighted by Gasteiger charge is 2.30. The van der Waals surface area contributed by atoms with Gasteiger partial charge >= 0.3 is 5.97 Å². The number of carbonyl (C=O) groups is 2. The molecule has 1 rings (SSSR count). The van der Waals surface area contributed by atoms with Crippen molar-refractivity contribution in [3.63, 3.8) is 0 Å². The number of hydrogen-bond donors (Lipinski definition) is 3. The summed E-state index contributed by atoms with van der Waals surface area (Å²) in [6.45, 7) is 4.27. The van der Waals surface area contributed by atoms with Gasteiger partial charge in [-0.2, -0.15) is 0 Å². The van der Waals surface area contributed by atoms with E-state index >= 15 is 0 Å². The average molecular weight is 256 g/mol. The van der Waals surface area contributed by atoms with Crippen LogP contribution in [-0.4, -0.2) is 29.6 Å². The lowest BCUT2D eigenvalue weighted by Crippen LogP contribution is -2.47. The lowest BCUT2D eigenvalue weighted by Gasteiger charge is -2.28. The number of hydrogen-bond acceptors (Lipinski definition) is 3. The Hall–Kier alpha value is -1.10. The molecule has 1 fully saturated rings. The van der Waals surface area contributed by atoms with E-state index in [1.54, 1.807) is 13.8 Å². The van der Waals surface area contributed by atoms with E-state index in [-0.39, 0.29) is 17.7 Å². The van der Waals surface area contributed by atoms with Crippen LogP contribution in [0.4, 0.5) is 0 Å². The summed E-state index contributed by atoms with van der Waals surface area (Å²) in [4.78, 5) is 23.0. The van der Waals surface area contributed by atoms with Gasteiger partial charge in [0.25, 0.3) is 0 Å². The molecule has 0 spiro atoms. The van der Waals surface area contributed by atoms with Crippen molar-refractivity contribution in [2.24, 2.45) is 23.5 Å². The quantitative estimate of drug-likeness (QED) is 0.683. The molecular formula is C13H24N2O3. The van der Waals surface area contributed by atoms with Crippen LogP contribution in [0.1, 0.15) is 39.5 Å². The molecule has 1 amide bonds. The Morgan fingerprint density at radius 2 is 1.83 bits per heavy atom. The average Bonchev–Trinajstić information content (AvgIpc) is 2.35. The third-order valence-electron chi connectivity index (χ3n) is 3.78. The van der Waals surface area contributed by atoms with Crippen LogP contribution in [0.2, 0.25) is 0 Å². The molecule has 1 saturated carbocycles. The first-order valence-electron chi connectivity index (χ1n) is 6.69. The first-order chi connectivity index (χ1) is 8.45. The van der Waals surface area contributed by atoms with Gasteiger partial charge in [0.15, 0.2) is 0 Å². The number of nitrogens with one attached hydrogen (secondary N) is 1. The van der Waals surface area contributed by atoms with Gasteiger partial charge in [-0.15, -0.1) is 0 Å². The zero-order valence-corrected chi connectivity index (χ0v) is 11.2. The van der Waals surface area contributed by atoms with Crippen molar-refractivity contribution >= 4 is 11.9 Å². The van der Waals surface area contributed by atoms with E-state index in [0.29, 0.717) is 12.5 Å². The smallest absolute Gasteiger partial charge is 0.326 e. The molecule has 1 aliphatic carbocycles. The lowest BCUT2D eigenvalue weighted by atomic mass is 9.81. The topological polar surface area (TPSA) is 92.4 Å². The van der Waals surface area contributed by atoms with Crippen LogP contribution in [0, 0.1) is 17.8 Å². The molecule has 0 saturated heterocycles. The number of nitrogens with two attached hydrogens (primary N) is 1. The lowest BCUT2D eigenvalue weighted by molar-refractivity contribution is -0.144. The van der Waals surface area contributed by atoms with E-state index in [9.17, 15) is 9.59 Å². The van der Waals surface area contributed by atoms with Crippen molar-refractivity contribution in [2.75, 3.05) is 6.54 Å². The highest BCUT2D eigenvalue weighted by atomic mass is 16.4. The largest absolute Gasteiger partial charge is 0.480 e. The molecule has 0 aliphatic heterocycles. The fourth-order valence-corrected chi connectivity index (χ4v) is 2.45. The molecule has 5 nitrogen and oxygen atoms in total. The summed E-state index contributed by atoms with van der Waals surface area (Å²) < 4.78 is 0. The standard InChI is InChI=1S/C13H24N2O3/c1-8(2)11(13(17)18)15-12(16)10-5-3-9(7-14)4-6-10/h8-11H,3-7,14H2,1-2H3,(H,15,16)(H,17,18). The summed E-state index contributed by atoms with van der Waals surface area (Å²) in [5.74, 6) is -0.713. The van der Waals surface area contributed by atoms with E-state index < -0.39 is 12.0 Å². The van der Waals surface area contributed by atoms with Crippen molar-refractivity contribution in [1.29, 1.82) is 0 Å². The molecule has 0 radical (unpaired) electrons. The molecule has 0 bridgehead atoms. The Balaban J connectivity index is 2.48. The van der Waals surface area contributed by atoms with Gasteiger partial charge in [0.1, 0.15) is 6.04 Å².